The second-order valence-electron chi connectivity index (χ2n) is 12.6. The SMILES string of the molecule is CCCCCCCCCCCCCNCCN1CCN(CCN(C)CC(O)CCCCCCCCCC)CC1. The van der Waals surface area contributed by atoms with Crippen LogP contribution in [0.4, 0.5) is 0 Å². The zero-order valence-corrected chi connectivity index (χ0v) is 27.1. The molecule has 0 amide bonds. The number of nitrogens with zero attached hydrogens (tertiary/aromatic N) is 3. The van der Waals surface area contributed by atoms with Crippen molar-refractivity contribution < 1.29 is 5.11 Å². The maximum atomic E-state index is 10.4. The van der Waals surface area contributed by atoms with Crippen molar-refractivity contribution in [3.8, 4) is 0 Å². The Morgan fingerprint density at radius 1 is 0.590 bits per heavy atom. The Labute approximate surface area is 245 Å². The van der Waals surface area contributed by atoms with E-state index in [2.05, 4.69) is 40.9 Å². The standard InChI is InChI=1S/C34H72N4O/c1-4-6-8-10-12-14-15-16-18-20-22-24-35-25-26-37-29-31-38(32-30-37)28-27-36(3)33-34(39)23-21-19-17-13-11-9-7-5-2/h34-35,39H,4-33H2,1-3H3. The van der Waals surface area contributed by atoms with Crippen molar-refractivity contribution in [2.75, 3.05) is 72.5 Å². The molecule has 0 bridgehead atoms. The third-order valence-electron chi connectivity index (χ3n) is 8.74. The first kappa shape index (κ1) is 36.8. The van der Waals surface area contributed by atoms with Gasteiger partial charge in [-0.25, -0.2) is 0 Å². The van der Waals surface area contributed by atoms with Crippen LogP contribution in [0, 0.1) is 0 Å². The number of rotatable bonds is 29. The summed E-state index contributed by atoms with van der Waals surface area (Å²) in [6, 6.07) is 0. The van der Waals surface area contributed by atoms with E-state index >= 15 is 0 Å². The summed E-state index contributed by atoms with van der Waals surface area (Å²) in [5.74, 6) is 0. The van der Waals surface area contributed by atoms with Gasteiger partial charge in [0.25, 0.3) is 0 Å². The molecule has 0 aromatic heterocycles. The molecule has 1 saturated heterocycles. The summed E-state index contributed by atoms with van der Waals surface area (Å²) >= 11 is 0. The van der Waals surface area contributed by atoms with Gasteiger partial charge >= 0.3 is 0 Å². The molecule has 2 N–H and O–H groups in total. The minimum Gasteiger partial charge on any atom is -0.392 e. The largest absolute Gasteiger partial charge is 0.392 e. The molecule has 1 aliphatic rings. The molecule has 0 aromatic rings. The van der Waals surface area contributed by atoms with E-state index in [0.29, 0.717) is 0 Å². The van der Waals surface area contributed by atoms with Crippen molar-refractivity contribution in [2.24, 2.45) is 0 Å². The summed E-state index contributed by atoms with van der Waals surface area (Å²) < 4.78 is 0. The Bertz CT molecular complexity index is 484. The molecule has 1 fully saturated rings. The fourth-order valence-corrected chi connectivity index (χ4v) is 5.88. The molecule has 5 heteroatoms. The highest BCUT2D eigenvalue weighted by molar-refractivity contribution is 4.74. The lowest BCUT2D eigenvalue weighted by molar-refractivity contribution is 0.0945. The number of hydrogen-bond acceptors (Lipinski definition) is 5. The quantitative estimate of drug-likeness (QED) is 0.0951. The second kappa shape index (κ2) is 27.9. The van der Waals surface area contributed by atoms with E-state index in [9.17, 15) is 5.11 Å². The van der Waals surface area contributed by atoms with Crippen LogP contribution in [0.3, 0.4) is 0 Å². The van der Waals surface area contributed by atoms with Gasteiger partial charge in [0.15, 0.2) is 0 Å². The van der Waals surface area contributed by atoms with E-state index in [1.165, 1.54) is 161 Å². The van der Waals surface area contributed by atoms with Crippen molar-refractivity contribution in [2.45, 2.75) is 148 Å². The lowest BCUT2D eigenvalue weighted by atomic mass is 10.1. The highest BCUT2D eigenvalue weighted by atomic mass is 16.3. The number of aliphatic hydroxyl groups excluding tert-OH is 1. The number of unbranched alkanes of at least 4 members (excludes halogenated alkanes) is 17. The third-order valence-corrected chi connectivity index (χ3v) is 8.74. The Morgan fingerprint density at radius 2 is 1.03 bits per heavy atom. The summed E-state index contributed by atoms with van der Waals surface area (Å²) in [5, 5.41) is 14.1. The lowest BCUT2D eigenvalue weighted by Gasteiger charge is -2.35. The fraction of sp³-hybridized carbons (Fsp3) is 1.00. The van der Waals surface area contributed by atoms with Gasteiger partial charge in [-0.2, -0.15) is 0 Å². The van der Waals surface area contributed by atoms with Crippen LogP contribution < -0.4 is 5.32 Å². The minimum atomic E-state index is -0.162. The molecule has 0 aliphatic carbocycles. The van der Waals surface area contributed by atoms with Gasteiger partial charge in [0.2, 0.25) is 0 Å². The maximum Gasteiger partial charge on any atom is 0.0667 e. The molecule has 5 nitrogen and oxygen atoms in total. The molecular formula is C34H72N4O. The van der Waals surface area contributed by atoms with Crippen molar-refractivity contribution in [3.05, 3.63) is 0 Å². The molecule has 1 atom stereocenters. The van der Waals surface area contributed by atoms with E-state index in [-0.39, 0.29) is 6.10 Å². The predicted octanol–water partition coefficient (Wildman–Crippen LogP) is 7.33. The molecule has 39 heavy (non-hydrogen) atoms. The number of aliphatic hydroxyl groups is 1. The second-order valence-corrected chi connectivity index (χ2v) is 12.6. The maximum absolute atomic E-state index is 10.4. The number of hydrogen-bond donors (Lipinski definition) is 2. The Hall–Kier alpha value is -0.200. The number of nitrogens with one attached hydrogen (secondary N) is 1. The van der Waals surface area contributed by atoms with Crippen LogP contribution in [-0.2, 0) is 0 Å². The van der Waals surface area contributed by atoms with E-state index < -0.39 is 0 Å². The molecule has 1 unspecified atom stereocenters. The van der Waals surface area contributed by atoms with Crippen LogP contribution >= 0.6 is 0 Å². The van der Waals surface area contributed by atoms with Gasteiger partial charge in [-0.3, -0.25) is 9.80 Å². The molecule has 234 valence electrons. The van der Waals surface area contributed by atoms with Gasteiger partial charge in [0.1, 0.15) is 0 Å². The van der Waals surface area contributed by atoms with E-state index in [1.807, 2.05) is 0 Å². The topological polar surface area (TPSA) is 42.0 Å². The summed E-state index contributed by atoms with van der Waals surface area (Å²) in [4.78, 5) is 7.57. The van der Waals surface area contributed by atoms with Crippen molar-refractivity contribution in [3.63, 3.8) is 0 Å². The summed E-state index contributed by atoms with van der Waals surface area (Å²) in [6.45, 7) is 15.9. The molecule has 1 heterocycles. The van der Waals surface area contributed by atoms with Crippen molar-refractivity contribution >= 4 is 0 Å². The predicted molar refractivity (Wildman–Crippen MR) is 173 cm³/mol. The first-order valence-corrected chi connectivity index (χ1v) is 17.7. The lowest BCUT2D eigenvalue weighted by Crippen LogP contribution is -2.49. The molecule has 0 aromatic carbocycles. The summed E-state index contributed by atoms with van der Waals surface area (Å²) in [6.07, 6.45) is 27.1. The first-order chi connectivity index (χ1) is 19.2. The van der Waals surface area contributed by atoms with E-state index in [4.69, 9.17) is 0 Å². The molecule has 0 spiro atoms. The van der Waals surface area contributed by atoms with Crippen LogP contribution in [0.15, 0.2) is 0 Å². The van der Waals surface area contributed by atoms with Gasteiger partial charge < -0.3 is 15.3 Å². The monoisotopic (exact) mass is 553 g/mol. The minimum absolute atomic E-state index is 0.162. The Balaban J connectivity index is 1.87. The fourth-order valence-electron chi connectivity index (χ4n) is 5.88. The zero-order chi connectivity index (χ0) is 28.2. The normalized spacial score (nSPS) is 15.9. The average Bonchev–Trinajstić information content (AvgIpc) is 2.94. The first-order valence-electron chi connectivity index (χ1n) is 17.7. The van der Waals surface area contributed by atoms with Crippen LogP contribution in [0.25, 0.3) is 0 Å². The average molecular weight is 553 g/mol. The van der Waals surface area contributed by atoms with Crippen LogP contribution in [-0.4, -0.2) is 98.4 Å². The Morgan fingerprint density at radius 3 is 1.54 bits per heavy atom. The highest BCUT2D eigenvalue weighted by Gasteiger charge is 2.17. The molecule has 0 saturated carbocycles. The van der Waals surface area contributed by atoms with Gasteiger partial charge in [-0.1, -0.05) is 129 Å². The van der Waals surface area contributed by atoms with E-state index in [1.54, 1.807) is 0 Å². The van der Waals surface area contributed by atoms with Gasteiger partial charge in [0.05, 0.1) is 6.10 Å². The summed E-state index contributed by atoms with van der Waals surface area (Å²) in [7, 11) is 2.18. The van der Waals surface area contributed by atoms with Gasteiger partial charge in [0, 0.05) is 58.9 Å². The highest BCUT2D eigenvalue weighted by Crippen LogP contribution is 2.12. The molecular weight excluding hydrogens is 480 g/mol. The molecule has 0 radical (unpaired) electrons. The van der Waals surface area contributed by atoms with E-state index in [0.717, 1.165) is 32.6 Å². The Kier molecular flexibility index (Phi) is 26.4. The van der Waals surface area contributed by atoms with Crippen LogP contribution in [0.2, 0.25) is 0 Å². The van der Waals surface area contributed by atoms with Crippen molar-refractivity contribution in [1.82, 2.24) is 20.0 Å². The van der Waals surface area contributed by atoms with Gasteiger partial charge in [-0.05, 0) is 26.4 Å². The molecule has 1 rings (SSSR count). The molecule has 1 aliphatic heterocycles. The smallest absolute Gasteiger partial charge is 0.0667 e. The van der Waals surface area contributed by atoms with Crippen LogP contribution in [0.5, 0.6) is 0 Å². The number of piperazine rings is 1. The van der Waals surface area contributed by atoms with Crippen LogP contribution in [0.1, 0.15) is 142 Å². The number of likely N-dealkylation sites (N-methyl/N-ethyl adjacent to an activating group) is 1. The third kappa shape index (κ3) is 24.1. The summed E-state index contributed by atoms with van der Waals surface area (Å²) in [5.41, 5.74) is 0. The van der Waals surface area contributed by atoms with Crippen molar-refractivity contribution in [1.29, 1.82) is 0 Å². The zero-order valence-electron chi connectivity index (χ0n) is 27.1. The van der Waals surface area contributed by atoms with Gasteiger partial charge in [-0.15, -0.1) is 0 Å².